The standard InChI is InChI=1S/C11H11NO7/c1-16-8-4-3-7(5-9(8)17-2)18-10(14)11(15)19-12-6-13/h3-6H,1-2H3,(H,12,13). The van der Waals surface area contributed by atoms with Gasteiger partial charge in [-0.1, -0.05) is 0 Å². The van der Waals surface area contributed by atoms with Crippen molar-refractivity contribution in [2.24, 2.45) is 0 Å². The van der Waals surface area contributed by atoms with E-state index >= 15 is 0 Å². The molecular weight excluding hydrogens is 258 g/mol. The molecular formula is C11H11NO7. The molecule has 8 heteroatoms. The van der Waals surface area contributed by atoms with E-state index < -0.39 is 11.9 Å². The van der Waals surface area contributed by atoms with Gasteiger partial charge in [-0.2, -0.15) is 5.48 Å². The minimum absolute atomic E-state index is 0.0608. The molecule has 1 aromatic carbocycles. The highest BCUT2D eigenvalue weighted by molar-refractivity contribution is 6.30. The third kappa shape index (κ3) is 3.87. The lowest BCUT2D eigenvalue weighted by atomic mass is 10.3. The Hall–Kier alpha value is -2.77. The number of methoxy groups -OCH3 is 2. The molecule has 0 aliphatic carbocycles. The van der Waals surface area contributed by atoms with Gasteiger partial charge in [-0.25, -0.2) is 9.59 Å². The maximum absolute atomic E-state index is 11.2. The van der Waals surface area contributed by atoms with E-state index in [4.69, 9.17) is 14.2 Å². The van der Waals surface area contributed by atoms with Crippen molar-refractivity contribution in [3.05, 3.63) is 18.2 Å². The molecule has 0 aliphatic heterocycles. The van der Waals surface area contributed by atoms with Crippen LogP contribution in [0.5, 0.6) is 17.2 Å². The minimum atomic E-state index is -1.36. The number of benzene rings is 1. The Morgan fingerprint density at radius 3 is 2.37 bits per heavy atom. The van der Waals surface area contributed by atoms with Gasteiger partial charge in [0.15, 0.2) is 11.5 Å². The quantitative estimate of drug-likeness (QED) is 0.260. The molecule has 1 rings (SSSR count). The van der Waals surface area contributed by atoms with Crippen molar-refractivity contribution in [1.29, 1.82) is 0 Å². The fourth-order valence-corrected chi connectivity index (χ4v) is 1.15. The van der Waals surface area contributed by atoms with E-state index in [1.807, 2.05) is 0 Å². The Morgan fingerprint density at radius 1 is 1.11 bits per heavy atom. The molecule has 0 aliphatic rings. The number of carbonyl (C=O) groups is 3. The van der Waals surface area contributed by atoms with Gasteiger partial charge >= 0.3 is 11.9 Å². The number of rotatable bonds is 5. The zero-order valence-corrected chi connectivity index (χ0v) is 10.2. The summed E-state index contributed by atoms with van der Waals surface area (Å²) in [6.45, 7) is 0. The lowest BCUT2D eigenvalue weighted by Crippen LogP contribution is -2.28. The Labute approximate surface area is 108 Å². The number of amides is 1. The first-order chi connectivity index (χ1) is 9.12. The predicted octanol–water partition coefficient (Wildman–Crippen LogP) is -0.187. The van der Waals surface area contributed by atoms with Crippen LogP contribution in [0, 0.1) is 0 Å². The summed E-state index contributed by atoms with van der Waals surface area (Å²) in [5, 5.41) is 0. The summed E-state index contributed by atoms with van der Waals surface area (Å²) in [6, 6.07) is 4.26. The van der Waals surface area contributed by atoms with Gasteiger partial charge in [-0.15, -0.1) is 0 Å². The molecule has 0 atom stereocenters. The largest absolute Gasteiger partial charge is 0.493 e. The highest BCUT2D eigenvalue weighted by Gasteiger charge is 2.19. The summed E-state index contributed by atoms with van der Waals surface area (Å²) in [5.41, 5.74) is 1.58. The van der Waals surface area contributed by atoms with Crippen molar-refractivity contribution >= 4 is 18.3 Å². The smallest absolute Gasteiger partial charge is 0.442 e. The second-order valence-electron chi connectivity index (χ2n) is 3.03. The highest BCUT2D eigenvalue weighted by Crippen LogP contribution is 2.30. The molecule has 102 valence electrons. The monoisotopic (exact) mass is 269 g/mol. The average Bonchev–Trinajstić information content (AvgIpc) is 2.44. The van der Waals surface area contributed by atoms with E-state index in [-0.39, 0.29) is 12.2 Å². The topological polar surface area (TPSA) is 100 Å². The van der Waals surface area contributed by atoms with Gasteiger partial charge in [0.05, 0.1) is 14.2 Å². The summed E-state index contributed by atoms with van der Waals surface area (Å²) in [6.07, 6.45) is 0.0988. The van der Waals surface area contributed by atoms with Crippen molar-refractivity contribution in [3.8, 4) is 17.2 Å². The van der Waals surface area contributed by atoms with E-state index in [0.29, 0.717) is 11.5 Å². The summed E-state index contributed by atoms with van der Waals surface area (Å²) >= 11 is 0. The maximum Gasteiger partial charge on any atom is 0.442 e. The molecule has 0 fully saturated rings. The van der Waals surface area contributed by atoms with Crippen molar-refractivity contribution in [2.45, 2.75) is 0 Å². The Morgan fingerprint density at radius 2 is 1.79 bits per heavy atom. The molecule has 0 heterocycles. The molecule has 0 saturated carbocycles. The van der Waals surface area contributed by atoms with Crippen molar-refractivity contribution in [3.63, 3.8) is 0 Å². The predicted molar refractivity (Wildman–Crippen MR) is 60.5 cm³/mol. The van der Waals surface area contributed by atoms with Gasteiger partial charge < -0.3 is 19.0 Å². The van der Waals surface area contributed by atoms with Crippen LogP contribution in [0.3, 0.4) is 0 Å². The molecule has 19 heavy (non-hydrogen) atoms. The molecule has 1 aromatic rings. The molecule has 0 unspecified atom stereocenters. The Bertz CT molecular complexity index is 486. The normalized spacial score (nSPS) is 9.16. The second kappa shape index (κ2) is 6.84. The molecule has 0 bridgehead atoms. The fourth-order valence-electron chi connectivity index (χ4n) is 1.15. The molecule has 8 nitrogen and oxygen atoms in total. The lowest BCUT2D eigenvalue weighted by Gasteiger charge is -2.09. The van der Waals surface area contributed by atoms with Crippen molar-refractivity contribution in [1.82, 2.24) is 5.48 Å². The molecule has 0 spiro atoms. The highest BCUT2D eigenvalue weighted by atomic mass is 16.7. The number of hydrogen-bond donors (Lipinski definition) is 1. The van der Waals surface area contributed by atoms with Gasteiger partial charge in [0.1, 0.15) is 5.75 Å². The van der Waals surface area contributed by atoms with Gasteiger partial charge in [0, 0.05) is 6.07 Å². The molecule has 0 aromatic heterocycles. The second-order valence-corrected chi connectivity index (χ2v) is 3.03. The molecule has 0 radical (unpaired) electrons. The average molecular weight is 269 g/mol. The van der Waals surface area contributed by atoms with Gasteiger partial charge in [-0.05, 0) is 12.1 Å². The van der Waals surface area contributed by atoms with Crippen LogP contribution >= 0.6 is 0 Å². The van der Waals surface area contributed by atoms with Gasteiger partial charge in [0.2, 0.25) is 6.41 Å². The van der Waals surface area contributed by atoms with E-state index in [9.17, 15) is 14.4 Å². The van der Waals surface area contributed by atoms with Gasteiger partial charge in [0.25, 0.3) is 0 Å². The van der Waals surface area contributed by atoms with E-state index in [1.165, 1.54) is 32.4 Å². The number of carbonyl (C=O) groups excluding carboxylic acids is 3. The van der Waals surface area contributed by atoms with E-state index in [1.54, 1.807) is 5.48 Å². The van der Waals surface area contributed by atoms with E-state index in [2.05, 4.69) is 4.84 Å². The summed E-state index contributed by atoms with van der Waals surface area (Å²) in [7, 11) is 2.86. The van der Waals surface area contributed by atoms with Crippen LogP contribution in [0.15, 0.2) is 18.2 Å². The van der Waals surface area contributed by atoms with E-state index in [0.717, 1.165) is 0 Å². The minimum Gasteiger partial charge on any atom is -0.493 e. The number of hydrogen-bond acceptors (Lipinski definition) is 7. The first kappa shape index (κ1) is 14.3. The maximum atomic E-state index is 11.2. The van der Waals surface area contributed by atoms with Crippen LogP contribution in [-0.4, -0.2) is 32.6 Å². The fraction of sp³-hybridized carbons (Fsp3) is 0.182. The number of nitrogens with one attached hydrogen (secondary N) is 1. The van der Waals surface area contributed by atoms with Crippen LogP contribution in [0.2, 0.25) is 0 Å². The summed E-state index contributed by atoms with van der Waals surface area (Å²) in [4.78, 5) is 36.2. The zero-order valence-electron chi connectivity index (χ0n) is 10.2. The van der Waals surface area contributed by atoms with Crippen LogP contribution in [0.25, 0.3) is 0 Å². The molecule has 1 N–H and O–H groups in total. The SMILES string of the molecule is COc1ccc(OC(=O)C(=O)ONC=O)cc1OC. The third-order valence-corrected chi connectivity index (χ3v) is 1.93. The Balaban J connectivity index is 2.74. The van der Waals surface area contributed by atoms with Crippen LogP contribution in [-0.2, 0) is 19.2 Å². The number of hydroxylamine groups is 1. The summed E-state index contributed by atoms with van der Waals surface area (Å²) < 4.78 is 14.7. The summed E-state index contributed by atoms with van der Waals surface area (Å²) in [5.74, 6) is -1.83. The molecule has 1 amide bonds. The van der Waals surface area contributed by atoms with Gasteiger partial charge in [-0.3, -0.25) is 4.79 Å². The van der Waals surface area contributed by atoms with Crippen LogP contribution < -0.4 is 19.7 Å². The number of esters is 1. The number of ether oxygens (including phenoxy) is 3. The first-order valence-corrected chi connectivity index (χ1v) is 4.96. The zero-order chi connectivity index (χ0) is 14.3. The van der Waals surface area contributed by atoms with Crippen molar-refractivity contribution < 1.29 is 33.4 Å². The Kier molecular flexibility index (Phi) is 5.15. The van der Waals surface area contributed by atoms with Crippen LogP contribution in [0.1, 0.15) is 0 Å². The third-order valence-electron chi connectivity index (χ3n) is 1.93. The first-order valence-electron chi connectivity index (χ1n) is 4.96. The van der Waals surface area contributed by atoms with Crippen LogP contribution in [0.4, 0.5) is 0 Å². The lowest BCUT2D eigenvalue weighted by molar-refractivity contribution is -0.168. The molecule has 0 saturated heterocycles. The van der Waals surface area contributed by atoms with Crippen molar-refractivity contribution in [2.75, 3.05) is 14.2 Å².